The van der Waals surface area contributed by atoms with E-state index in [1.54, 1.807) is 27.3 Å². The highest BCUT2D eigenvalue weighted by Crippen LogP contribution is 2.39. The molecule has 0 fully saturated rings. The molecule has 1 aliphatic heterocycles. The molecule has 2 heterocycles. The zero-order valence-corrected chi connectivity index (χ0v) is 22.9. The molecule has 35 heavy (non-hydrogen) atoms. The first-order valence-corrected chi connectivity index (χ1v) is 12.5. The van der Waals surface area contributed by atoms with Crippen LogP contribution >= 0.6 is 15.9 Å². The molecule has 1 aromatic rings. The SMILES string of the molecule is C/C=C1\C(=NC(C)CC)C(Br)=Cc2nc(OC)nc(N3CCCN=C(/C=C(\N)C(=O)N(C)C)C3)c21. The van der Waals surface area contributed by atoms with E-state index in [1.165, 1.54) is 4.90 Å². The number of rotatable bonds is 6. The number of likely N-dealkylation sites (N-methyl/N-ethyl adjacent to an activating group) is 1. The van der Waals surface area contributed by atoms with Crippen molar-refractivity contribution in [1.29, 1.82) is 0 Å². The van der Waals surface area contributed by atoms with Gasteiger partial charge in [-0.05, 0) is 54.8 Å². The molecule has 188 valence electrons. The molecule has 3 rings (SSSR count). The first-order chi connectivity index (χ1) is 16.7. The number of aliphatic imine (C=N–C) groups is 2. The van der Waals surface area contributed by atoms with Gasteiger partial charge in [-0.1, -0.05) is 13.0 Å². The van der Waals surface area contributed by atoms with Crippen LogP contribution in [0.4, 0.5) is 5.82 Å². The molecule has 10 heteroatoms. The molecule has 0 aromatic carbocycles. The van der Waals surface area contributed by atoms with E-state index >= 15 is 0 Å². The third-order valence-corrected chi connectivity index (χ3v) is 6.46. The van der Waals surface area contributed by atoms with Crippen LogP contribution in [0.2, 0.25) is 0 Å². The Hall–Kier alpha value is -3.01. The standard InChI is InChI=1S/C25H34BrN7O2/c1-7-15(3)29-22-17(8-2)21-20(13-18(22)26)30-25(35-6)31-23(21)33-11-9-10-28-16(14-33)12-19(27)24(34)32(4)5/h8,12-13,15H,7,9-11,14,27H2,1-6H3/b17-8-,19-12-,29-22?. The van der Waals surface area contributed by atoms with E-state index < -0.39 is 0 Å². The molecule has 1 unspecified atom stereocenters. The zero-order chi connectivity index (χ0) is 25.7. The lowest BCUT2D eigenvalue weighted by atomic mass is 9.93. The number of fused-ring (bicyclic) bond motifs is 1. The van der Waals surface area contributed by atoms with Crippen LogP contribution in [0.5, 0.6) is 6.01 Å². The van der Waals surface area contributed by atoms with E-state index in [0.717, 1.165) is 57.9 Å². The molecule has 9 nitrogen and oxygen atoms in total. The third kappa shape index (κ3) is 5.98. The van der Waals surface area contributed by atoms with Crippen LogP contribution in [0.15, 0.2) is 32.3 Å². The summed E-state index contributed by atoms with van der Waals surface area (Å²) in [6.45, 7) is 8.04. The van der Waals surface area contributed by atoms with E-state index in [0.29, 0.717) is 13.1 Å². The maximum Gasteiger partial charge on any atom is 0.318 e. The summed E-state index contributed by atoms with van der Waals surface area (Å²) < 4.78 is 6.33. The Morgan fingerprint density at radius 3 is 2.77 bits per heavy atom. The molecule has 0 radical (unpaired) electrons. The monoisotopic (exact) mass is 543 g/mol. The van der Waals surface area contributed by atoms with Gasteiger partial charge in [0.05, 0.1) is 42.0 Å². The highest BCUT2D eigenvalue weighted by Gasteiger charge is 2.30. The van der Waals surface area contributed by atoms with E-state index in [4.69, 9.17) is 20.4 Å². The number of anilines is 1. The average Bonchev–Trinajstić information content (AvgIpc) is 3.08. The molecule has 2 N–H and O–H groups in total. The second-order valence-corrected chi connectivity index (χ2v) is 9.53. The number of carbonyl (C=O) groups excluding carboxylic acids is 1. The molecule has 1 amide bonds. The van der Waals surface area contributed by atoms with Crippen LogP contribution in [0, 0.1) is 0 Å². The van der Waals surface area contributed by atoms with Gasteiger partial charge < -0.3 is 20.3 Å². The lowest BCUT2D eigenvalue weighted by molar-refractivity contribution is -0.124. The van der Waals surface area contributed by atoms with Crippen LogP contribution in [0.1, 0.15) is 44.9 Å². The Labute approximate surface area is 215 Å². The van der Waals surface area contributed by atoms with Gasteiger partial charge >= 0.3 is 6.01 Å². The van der Waals surface area contributed by atoms with Gasteiger partial charge in [0.25, 0.3) is 5.91 Å². The van der Waals surface area contributed by atoms with Gasteiger partial charge in [0.2, 0.25) is 0 Å². The lowest BCUT2D eigenvalue weighted by Gasteiger charge is -2.28. The van der Waals surface area contributed by atoms with Gasteiger partial charge in [0, 0.05) is 43.3 Å². The summed E-state index contributed by atoms with van der Waals surface area (Å²) in [5.41, 5.74) is 10.5. The minimum absolute atomic E-state index is 0.155. The number of amides is 1. The van der Waals surface area contributed by atoms with Crippen LogP contribution in [0.25, 0.3) is 11.6 Å². The Kier molecular flexibility index (Phi) is 8.82. The number of aromatic nitrogens is 2. The highest BCUT2D eigenvalue weighted by molar-refractivity contribution is 9.12. The topological polar surface area (TPSA) is 109 Å². The molecule has 1 aliphatic carbocycles. The predicted molar refractivity (Wildman–Crippen MR) is 146 cm³/mol. The minimum Gasteiger partial charge on any atom is -0.467 e. The molecule has 0 saturated heterocycles. The number of nitrogens with zero attached hydrogens (tertiary/aromatic N) is 6. The summed E-state index contributed by atoms with van der Waals surface area (Å²) >= 11 is 3.70. The first kappa shape index (κ1) is 26.6. The normalized spacial score (nSPS) is 19.6. The number of carbonyl (C=O) groups is 1. The zero-order valence-electron chi connectivity index (χ0n) is 21.3. The van der Waals surface area contributed by atoms with Gasteiger partial charge in [-0.2, -0.15) is 9.97 Å². The summed E-state index contributed by atoms with van der Waals surface area (Å²) in [5, 5.41) is 0. The molecular formula is C25H34BrN7O2. The number of allylic oxidation sites excluding steroid dienone is 3. The quantitative estimate of drug-likeness (QED) is 0.550. The van der Waals surface area contributed by atoms with Crippen molar-refractivity contribution >= 4 is 50.7 Å². The largest absolute Gasteiger partial charge is 0.467 e. The maximum atomic E-state index is 12.3. The third-order valence-electron chi connectivity index (χ3n) is 5.85. The number of nitrogens with two attached hydrogens (primary N) is 1. The molecule has 0 bridgehead atoms. The van der Waals surface area contributed by atoms with Crippen molar-refractivity contribution in [3.05, 3.63) is 33.6 Å². The van der Waals surface area contributed by atoms with Crippen molar-refractivity contribution in [2.24, 2.45) is 15.7 Å². The van der Waals surface area contributed by atoms with Gasteiger partial charge in [-0.25, -0.2) is 0 Å². The minimum atomic E-state index is -0.248. The Bertz CT molecular complexity index is 1130. The fourth-order valence-electron chi connectivity index (χ4n) is 3.87. The Morgan fingerprint density at radius 1 is 1.40 bits per heavy atom. The van der Waals surface area contributed by atoms with Crippen LogP contribution < -0.4 is 15.4 Å². The summed E-state index contributed by atoms with van der Waals surface area (Å²) in [7, 11) is 4.91. The molecular weight excluding hydrogens is 510 g/mol. The molecule has 0 saturated carbocycles. The summed E-state index contributed by atoms with van der Waals surface area (Å²) in [6, 6.07) is 0.456. The van der Waals surface area contributed by atoms with Crippen molar-refractivity contribution in [3.63, 3.8) is 0 Å². The number of hydrogen-bond acceptors (Lipinski definition) is 8. The van der Waals surface area contributed by atoms with Crippen molar-refractivity contribution in [2.75, 3.05) is 45.7 Å². The second-order valence-electron chi connectivity index (χ2n) is 8.67. The number of ether oxygens (including phenoxy) is 1. The average molecular weight is 544 g/mol. The van der Waals surface area contributed by atoms with Gasteiger partial charge in [0.15, 0.2) is 0 Å². The lowest BCUT2D eigenvalue weighted by Crippen LogP contribution is -2.33. The number of methoxy groups -OCH3 is 1. The van der Waals surface area contributed by atoms with E-state index in [-0.39, 0.29) is 23.7 Å². The Balaban J connectivity index is 2.12. The van der Waals surface area contributed by atoms with Gasteiger partial charge in [-0.15, -0.1) is 0 Å². The number of hydrogen-bond donors (Lipinski definition) is 1. The first-order valence-electron chi connectivity index (χ1n) is 11.8. The molecule has 1 aromatic heterocycles. The second kappa shape index (κ2) is 11.6. The summed E-state index contributed by atoms with van der Waals surface area (Å²) in [6.07, 6.45) is 7.45. The van der Waals surface area contributed by atoms with Crippen molar-refractivity contribution in [3.8, 4) is 6.01 Å². The summed E-state index contributed by atoms with van der Waals surface area (Å²) in [5.74, 6) is 0.496. The van der Waals surface area contributed by atoms with Crippen molar-refractivity contribution < 1.29 is 9.53 Å². The summed E-state index contributed by atoms with van der Waals surface area (Å²) in [4.78, 5) is 34.9. The molecule has 0 spiro atoms. The molecule has 1 atom stereocenters. The van der Waals surface area contributed by atoms with E-state index in [1.807, 2.05) is 19.1 Å². The highest BCUT2D eigenvalue weighted by atomic mass is 79.9. The smallest absolute Gasteiger partial charge is 0.318 e. The predicted octanol–water partition coefficient (Wildman–Crippen LogP) is 3.46. The Morgan fingerprint density at radius 2 is 2.14 bits per heavy atom. The fourth-order valence-corrected chi connectivity index (χ4v) is 4.40. The van der Waals surface area contributed by atoms with E-state index in [9.17, 15) is 4.79 Å². The number of halogens is 1. The van der Waals surface area contributed by atoms with E-state index in [2.05, 4.69) is 44.7 Å². The van der Waals surface area contributed by atoms with Crippen molar-refractivity contribution in [2.45, 2.75) is 39.7 Å². The van der Waals surface area contributed by atoms with Gasteiger partial charge in [0.1, 0.15) is 5.82 Å². The van der Waals surface area contributed by atoms with Crippen LogP contribution in [0.3, 0.4) is 0 Å². The maximum absolute atomic E-state index is 12.3. The molecule has 2 aliphatic rings. The van der Waals surface area contributed by atoms with Crippen molar-refractivity contribution in [1.82, 2.24) is 14.9 Å². The fraction of sp³-hybridized carbons (Fsp3) is 0.480. The van der Waals surface area contributed by atoms with Crippen LogP contribution in [-0.2, 0) is 4.79 Å². The van der Waals surface area contributed by atoms with Gasteiger partial charge in [-0.3, -0.25) is 14.8 Å². The van der Waals surface area contributed by atoms with Crippen LogP contribution in [-0.4, -0.2) is 79.1 Å².